The molecule has 0 aromatic carbocycles. The number of unbranched alkanes of at least 4 members (excludes halogenated alkanes) is 1. The van der Waals surface area contributed by atoms with Crippen LogP contribution in [0.15, 0.2) is 15.8 Å². The second-order valence-corrected chi connectivity index (χ2v) is 9.32. The van der Waals surface area contributed by atoms with Crippen LogP contribution in [-0.4, -0.2) is 42.5 Å². The lowest BCUT2D eigenvalue weighted by atomic mass is 10.1. The van der Waals surface area contributed by atoms with Crippen molar-refractivity contribution in [3.8, 4) is 0 Å². The van der Waals surface area contributed by atoms with Crippen molar-refractivity contribution >= 4 is 29.0 Å². The first-order valence-electron chi connectivity index (χ1n) is 12.0. The number of carbonyl (C=O) groups excluding carboxylic acids is 2. The van der Waals surface area contributed by atoms with Crippen LogP contribution in [0.2, 0.25) is 0 Å². The largest absolute Gasteiger partial charge is 0.383 e. The van der Waals surface area contributed by atoms with Gasteiger partial charge in [0, 0.05) is 30.9 Å². The van der Waals surface area contributed by atoms with E-state index in [0.717, 1.165) is 17.7 Å². The Morgan fingerprint density at radius 1 is 1.22 bits per heavy atom. The molecule has 0 fully saturated rings. The SMILES string of the molecule is CCCCN(C(=O)CCc1c(C)nc2c(C(N)=O)cnn2c1C)c1c(N)n(CC(C)C)c(=O)[nH]c1=O. The third-order valence-electron chi connectivity index (χ3n) is 6.13. The molecule has 194 valence electrons. The van der Waals surface area contributed by atoms with Gasteiger partial charge in [-0.2, -0.15) is 5.10 Å². The Hall–Kier alpha value is -3.96. The minimum absolute atomic E-state index is 0.00565. The second-order valence-electron chi connectivity index (χ2n) is 9.32. The highest BCUT2D eigenvalue weighted by Gasteiger charge is 2.25. The molecule has 3 aromatic rings. The number of nitrogens with two attached hydrogens (primary N) is 2. The summed E-state index contributed by atoms with van der Waals surface area (Å²) >= 11 is 0. The van der Waals surface area contributed by atoms with Gasteiger partial charge in [-0.3, -0.25) is 23.9 Å². The molecule has 3 aromatic heterocycles. The van der Waals surface area contributed by atoms with Gasteiger partial charge in [-0.15, -0.1) is 0 Å². The van der Waals surface area contributed by atoms with Gasteiger partial charge in [0.05, 0.1) is 6.20 Å². The number of fused-ring (bicyclic) bond motifs is 1. The number of amides is 2. The number of hydrogen-bond acceptors (Lipinski definition) is 7. The summed E-state index contributed by atoms with van der Waals surface area (Å²) in [5, 5.41) is 4.22. The van der Waals surface area contributed by atoms with Crippen molar-refractivity contribution in [2.24, 2.45) is 11.7 Å². The third kappa shape index (κ3) is 5.16. The molecule has 3 rings (SSSR count). The second kappa shape index (κ2) is 10.8. The van der Waals surface area contributed by atoms with Crippen molar-refractivity contribution in [3.63, 3.8) is 0 Å². The van der Waals surface area contributed by atoms with Crippen LogP contribution >= 0.6 is 0 Å². The number of nitrogens with one attached hydrogen (secondary N) is 1. The zero-order valence-electron chi connectivity index (χ0n) is 21.4. The molecule has 0 unspecified atom stereocenters. The van der Waals surface area contributed by atoms with Crippen LogP contribution in [0.4, 0.5) is 11.5 Å². The topological polar surface area (TPSA) is 174 Å². The monoisotopic (exact) mass is 498 g/mol. The van der Waals surface area contributed by atoms with Crippen molar-refractivity contribution in [2.45, 2.75) is 66.8 Å². The summed E-state index contributed by atoms with van der Waals surface area (Å²) in [6.45, 7) is 10.1. The molecule has 0 saturated heterocycles. The lowest BCUT2D eigenvalue weighted by molar-refractivity contribution is -0.118. The Labute approximate surface area is 208 Å². The van der Waals surface area contributed by atoms with E-state index in [-0.39, 0.29) is 35.3 Å². The average molecular weight is 499 g/mol. The normalized spacial score (nSPS) is 11.4. The molecule has 0 bridgehead atoms. The van der Waals surface area contributed by atoms with E-state index in [9.17, 15) is 19.2 Å². The molecule has 0 spiro atoms. The van der Waals surface area contributed by atoms with Gasteiger partial charge in [0.15, 0.2) is 11.3 Å². The smallest absolute Gasteiger partial charge is 0.330 e. The molecule has 3 heterocycles. The fourth-order valence-electron chi connectivity index (χ4n) is 4.28. The number of nitrogen functional groups attached to an aromatic ring is 1. The van der Waals surface area contributed by atoms with Crippen LogP contribution in [0.5, 0.6) is 0 Å². The number of aromatic amines is 1. The first-order valence-corrected chi connectivity index (χ1v) is 12.0. The molecule has 12 heteroatoms. The van der Waals surface area contributed by atoms with Crippen molar-refractivity contribution < 1.29 is 9.59 Å². The molecule has 0 saturated carbocycles. The standard InChI is InChI=1S/C24H34N8O4/c1-6-7-10-30(19-20(25)31(12-13(2)3)24(36)29-23(19)35)18(33)9-8-16-14(4)28-22-17(21(26)34)11-27-32(22)15(16)5/h11,13H,6-10,12,25H2,1-5H3,(H2,26,34)(H,29,35,36). The van der Waals surface area contributed by atoms with E-state index in [1.54, 1.807) is 6.92 Å². The van der Waals surface area contributed by atoms with E-state index in [1.807, 2.05) is 27.7 Å². The maximum absolute atomic E-state index is 13.5. The van der Waals surface area contributed by atoms with Gasteiger partial charge in [0.2, 0.25) is 5.91 Å². The zero-order valence-corrected chi connectivity index (χ0v) is 21.4. The Morgan fingerprint density at radius 3 is 2.53 bits per heavy atom. The number of aromatic nitrogens is 5. The molecule has 0 radical (unpaired) electrons. The van der Waals surface area contributed by atoms with E-state index in [1.165, 1.54) is 20.2 Å². The average Bonchev–Trinajstić information content (AvgIpc) is 3.22. The fourth-order valence-corrected chi connectivity index (χ4v) is 4.28. The lowest BCUT2D eigenvalue weighted by Gasteiger charge is -2.25. The van der Waals surface area contributed by atoms with Gasteiger partial charge in [-0.05, 0) is 38.2 Å². The summed E-state index contributed by atoms with van der Waals surface area (Å²) in [5.41, 5.74) is 13.2. The molecule has 12 nitrogen and oxygen atoms in total. The van der Waals surface area contributed by atoms with Gasteiger partial charge in [0.25, 0.3) is 11.5 Å². The van der Waals surface area contributed by atoms with Crippen molar-refractivity contribution in [3.05, 3.63) is 49.5 Å². The predicted molar refractivity (Wildman–Crippen MR) is 137 cm³/mol. The highest BCUT2D eigenvalue weighted by atomic mass is 16.2. The van der Waals surface area contributed by atoms with E-state index >= 15 is 0 Å². The Bertz CT molecular complexity index is 1420. The van der Waals surface area contributed by atoms with Gasteiger partial charge >= 0.3 is 5.69 Å². The summed E-state index contributed by atoms with van der Waals surface area (Å²) in [4.78, 5) is 58.5. The fraction of sp³-hybridized carbons (Fsp3) is 0.500. The van der Waals surface area contributed by atoms with Crippen LogP contribution in [-0.2, 0) is 17.8 Å². The molecular weight excluding hydrogens is 464 g/mol. The first kappa shape index (κ1) is 26.6. The number of anilines is 2. The highest BCUT2D eigenvalue weighted by Crippen LogP contribution is 2.22. The molecule has 5 N–H and O–H groups in total. The van der Waals surface area contributed by atoms with Crippen molar-refractivity contribution in [1.82, 2.24) is 24.1 Å². The summed E-state index contributed by atoms with van der Waals surface area (Å²) in [7, 11) is 0. The van der Waals surface area contributed by atoms with E-state index in [2.05, 4.69) is 15.1 Å². The van der Waals surface area contributed by atoms with E-state index < -0.39 is 17.2 Å². The number of nitrogens with zero attached hydrogens (tertiary/aromatic N) is 5. The van der Waals surface area contributed by atoms with Crippen LogP contribution in [0.25, 0.3) is 5.65 Å². The minimum Gasteiger partial charge on any atom is -0.383 e. The summed E-state index contributed by atoms with van der Waals surface area (Å²) in [5.74, 6) is -0.831. The molecular formula is C24H34N8O4. The van der Waals surface area contributed by atoms with E-state index in [4.69, 9.17) is 11.5 Å². The molecule has 0 aliphatic carbocycles. The van der Waals surface area contributed by atoms with Crippen molar-refractivity contribution in [2.75, 3.05) is 17.2 Å². The molecule has 0 aliphatic rings. The van der Waals surface area contributed by atoms with Crippen molar-refractivity contribution in [1.29, 1.82) is 0 Å². The van der Waals surface area contributed by atoms with Crippen LogP contribution in [0, 0.1) is 19.8 Å². The number of aryl methyl sites for hydroxylation is 2. The minimum atomic E-state index is -0.687. The first-order chi connectivity index (χ1) is 17.0. The maximum Gasteiger partial charge on any atom is 0.330 e. The van der Waals surface area contributed by atoms with Crippen LogP contribution in [0.1, 0.15) is 67.3 Å². The van der Waals surface area contributed by atoms with E-state index in [0.29, 0.717) is 37.3 Å². The highest BCUT2D eigenvalue weighted by molar-refractivity contribution is 5.98. The number of hydrogen-bond donors (Lipinski definition) is 3. The molecule has 0 atom stereocenters. The maximum atomic E-state index is 13.5. The van der Waals surface area contributed by atoms with Crippen LogP contribution in [0.3, 0.4) is 0 Å². The number of H-pyrrole nitrogens is 1. The quantitative estimate of drug-likeness (QED) is 0.377. The summed E-state index contributed by atoms with van der Waals surface area (Å²) < 4.78 is 2.83. The summed E-state index contributed by atoms with van der Waals surface area (Å²) in [6.07, 6.45) is 3.23. The van der Waals surface area contributed by atoms with Crippen LogP contribution < -0.4 is 27.6 Å². The van der Waals surface area contributed by atoms with Gasteiger partial charge in [-0.25, -0.2) is 14.3 Å². The zero-order chi connectivity index (χ0) is 26.7. The predicted octanol–water partition coefficient (Wildman–Crippen LogP) is 1.30. The number of primary amides is 1. The Kier molecular flexibility index (Phi) is 7.96. The Morgan fingerprint density at radius 2 is 1.92 bits per heavy atom. The summed E-state index contributed by atoms with van der Waals surface area (Å²) in [6, 6.07) is 0. The van der Waals surface area contributed by atoms with Gasteiger partial charge in [-0.1, -0.05) is 27.2 Å². The van der Waals surface area contributed by atoms with Gasteiger partial charge in [0.1, 0.15) is 11.4 Å². The van der Waals surface area contributed by atoms with Gasteiger partial charge < -0.3 is 16.4 Å². The number of carbonyl (C=O) groups is 2. The molecule has 2 amide bonds. The molecule has 0 aliphatic heterocycles. The molecule has 36 heavy (non-hydrogen) atoms. The Balaban J connectivity index is 1.97. The number of rotatable bonds is 10. The lowest BCUT2D eigenvalue weighted by Crippen LogP contribution is -2.42. The third-order valence-corrected chi connectivity index (χ3v) is 6.13.